The average molecular weight is 577 g/mol. The van der Waals surface area contributed by atoms with Crippen LogP contribution in [0, 0.1) is 6.92 Å². The van der Waals surface area contributed by atoms with Crippen LogP contribution in [0.15, 0.2) is 140 Å². The second kappa shape index (κ2) is 10.9. The van der Waals surface area contributed by atoms with E-state index in [1.54, 1.807) is 6.08 Å². The number of para-hydroxylation sites is 1. The molecular weight excluding hydrogens is 548 g/mol. The highest BCUT2D eigenvalue weighted by Gasteiger charge is 2.14. The van der Waals surface area contributed by atoms with Gasteiger partial charge in [-0.05, 0) is 89.0 Å². The fourth-order valence-electron chi connectivity index (χ4n) is 6.04. The zero-order valence-electron chi connectivity index (χ0n) is 24.8. The summed E-state index contributed by atoms with van der Waals surface area (Å²) in [6, 6.07) is 40.0. The largest absolute Gasteiger partial charge is 0.256 e. The number of nitrogens with zero attached hydrogens (tertiary/aromatic N) is 4. The molecule has 4 aromatic heterocycles. The predicted octanol–water partition coefficient (Wildman–Crippen LogP) is 10.4. The van der Waals surface area contributed by atoms with Crippen LogP contribution in [0.1, 0.15) is 11.1 Å². The Balaban J connectivity index is 1.34. The first-order chi connectivity index (χ1) is 22.1. The molecule has 0 radical (unpaired) electrons. The standard InChI is InChI=1S/C41H28N4/c1-3-4-9-28-22-37-31(20-26(28)2)15-17-35(43-37)39-24-33(34-14-7-12-27-13-8-19-42-41(27)34)25-40(45-39)36-18-16-32-21-29-10-5-6-11-30(29)23-38(32)44-36/h3-25H,1H2,2H3/b9-4-. The molecule has 0 amide bonds. The highest BCUT2D eigenvalue weighted by molar-refractivity contribution is 5.98. The second-order valence-electron chi connectivity index (χ2n) is 11.3. The molecule has 0 N–H and O–H groups in total. The minimum Gasteiger partial charge on any atom is -0.256 e. The average Bonchev–Trinajstić information content (AvgIpc) is 3.09. The number of rotatable bonds is 5. The molecule has 212 valence electrons. The zero-order valence-corrected chi connectivity index (χ0v) is 24.8. The Hall–Kier alpha value is -6.00. The first-order valence-corrected chi connectivity index (χ1v) is 15.0. The molecule has 0 atom stereocenters. The molecular formula is C41H28N4. The maximum absolute atomic E-state index is 5.17. The number of hydrogen-bond acceptors (Lipinski definition) is 4. The van der Waals surface area contributed by atoms with Gasteiger partial charge in [-0.25, -0.2) is 15.0 Å². The van der Waals surface area contributed by atoms with E-state index < -0.39 is 0 Å². The quantitative estimate of drug-likeness (QED) is 0.151. The van der Waals surface area contributed by atoms with Crippen molar-refractivity contribution in [2.45, 2.75) is 6.92 Å². The van der Waals surface area contributed by atoms with Gasteiger partial charge >= 0.3 is 0 Å². The summed E-state index contributed by atoms with van der Waals surface area (Å²) in [7, 11) is 0. The summed E-state index contributed by atoms with van der Waals surface area (Å²) < 4.78 is 0. The number of fused-ring (bicyclic) bond motifs is 4. The Kier molecular flexibility index (Phi) is 6.46. The Morgan fingerprint density at radius 3 is 1.98 bits per heavy atom. The lowest BCUT2D eigenvalue weighted by molar-refractivity contribution is 1.25. The highest BCUT2D eigenvalue weighted by Crippen LogP contribution is 2.34. The van der Waals surface area contributed by atoms with Gasteiger partial charge in [0, 0.05) is 27.9 Å². The summed E-state index contributed by atoms with van der Waals surface area (Å²) in [5.74, 6) is 0. The van der Waals surface area contributed by atoms with Gasteiger partial charge in [0.05, 0.1) is 39.3 Å². The van der Waals surface area contributed by atoms with Crippen molar-refractivity contribution in [1.29, 1.82) is 0 Å². The maximum Gasteiger partial charge on any atom is 0.0900 e. The minimum atomic E-state index is 0.779. The second-order valence-corrected chi connectivity index (χ2v) is 11.3. The van der Waals surface area contributed by atoms with Crippen molar-refractivity contribution in [1.82, 2.24) is 19.9 Å². The number of aromatic nitrogens is 4. The molecule has 0 bridgehead atoms. The Bertz CT molecular complexity index is 2470. The van der Waals surface area contributed by atoms with E-state index in [2.05, 4.69) is 129 Å². The van der Waals surface area contributed by atoms with Crippen LogP contribution in [0.5, 0.6) is 0 Å². The van der Waals surface area contributed by atoms with Crippen LogP contribution in [0.3, 0.4) is 0 Å². The van der Waals surface area contributed by atoms with Crippen molar-refractivity contribution < 1.29 is 0 Å². The molecule has 4 aromatic carbocycles. The molecule has 0 spiro atoms. The Morgan fingerprint density at radius 1 is 0.556 bits per heavy atom. The fraction of sp³-hybridized carbons (Fsp3) is 0.0244. The van der Waals surface area contributed by atoms with Gasteiger partial charge in [-0.3, -0.25) is 4.98 Å². The van der Waals surface area contributed by atoms with Crippen molar-refractivity contribution >= 4 is 49.6 Å². The monoisotopic (exact) mass is 576 g/mol. The van der Waals surface area contributed by atoms with Crippen LogP contribution in [-0.4, -0.2) is 19.9 Å². The summed E-state index contributed by atoms with van der Waals surface area (Å²) in [5.41, 5.74) is 10.3. The Labute approximate surface area is 261 Å². The van der Waals surface area contributed by atoms with E-state index in [9.17, 15) is 0 Å². The molecule has 4 heteroatoms. The van der Waals surface area contributed by atoms with Gasteiger partial charge in [0.25, 0.3) is 0 Å². The van der Waals surface area contributed by atoms with Crippen LogP contribution < -0.4 is 0 Å². The number of allylic oxidation sites excluding steroid dienone is 2. The van der Waals surface area contributed by atoms with E-state index in [-0.39, 0.29) is 0 Å². The summed E-state index contributed by atoms with van der Waals surface area (Å²) in [6.07, 6.45) is 7.65. The van der Waals surface area contributed by atoms with Crippen LogP contribution in [0.4, 0.5) is 0 Å². The van der Waals surface area contributed by atoms with E-state index in [0.717, 1.165) is 77.6 Å². The van der Waals surface area contributed by atoms with Crippen LogP contribution in [-0.2, 0) is 0 Å². The molecule has 4 nitrogen and oxygen atoms in total. The lowest BCUT2D eigenvalue weighted by Crippen LogP contribution is -1.96. The van der Waals surface area contributed by atoms with Crippen molar-refractivity contribution in [3.8, 4) is 33.9 Å². The van der Waals surface area contributed by atoms with Crippen LogP contribution >= 0.6 is 0 Å². The fourth-order valence-corrected chi connectivity index (χ4v) is 6.04. The van der Waals surface area contributed by atoms with Crippen molar-refractivity contribution in [2.75, 3.05) is 0 Å². The lowest BCUT2D eigenvalue weighted by atomic mass is 9.99. The first-order valence-electron chi connectivity index (χ1n) is 15.0. The van der Waals surface area contributed by atoms with E-state index in [1.807, 2.05) is 18.3 Å². The summed E-state index contributed by atoms with van der Waals surface area (Å²) >= 11 is 0. The smallest absolute Gasteiger partial charge is 0.0900 e. The number of benzene rings is 4. The molecule has 0 fully saturated rings. The molecule has 0 saturated heterocycles. The third-order valence-corrected chi connectivity index (χ3v) is 8.34. The van der Waals surface area contributed by atoms with Gasteiger partial charge < -0.3 is 0 Å². The Morgan fingerprint density at radius 2 is 1.22 bits per heavy atom. The van der Waals surface area contributed by atoms with Gasteiger partial charge in [0.15, 0.2) is 0 Å². The predicted molar refractivity (Wildman–Crippen MR) is 188 cm³/mol. The summed E-state index contributed by atoms with van der Waals surface area (Å²) in [4.78, 5) is 20.1. The van der Waals surface area contributed by atoms with E-state index in [1.165, 1.54) is 10.9 Å². The molecule has 0 aliphatic carbocycles. The molecule has 0 aliphatic heterocycles. The number of hydrogen-bond donors (Lipinski definition) is 0. The topological polar surface area (TPSA) is 51.6 Å². The van der Waals surface area contributed by atoms with Gasteiger partial charge in [-0.1, -0.05) is 85.5 Å². The lowest BCUT2D eigenvalue weighted by Gasteiger charge is -2.12. The van der Waals surface area contributed by atoms with Gasteiger partial charge in [-0.2, -0.15) is 0 Å². The highest BCUT2D eigenvalue weighted by atomic mass is 14.8. The van der Waals surface area contributed by atoms with E-state index >= 15 is 0 Å². The van der Waals surface area contributed by atoms with Gasteiger partial charge in [0.1, 0.15) is 0 Å². The molecule has 0 saturated carbocycles. The SMILES string of the molecule is C=C/C=C\c1cc2nc(-c3cc(-c4cccc5cccnc45)cc(-c4ccc5cc6ccccc6cc5n4)n3)ccc2cc1C. The zero-order chi connectivity index (χ0) is 30.3. The number of aryl methyl sites for hydroxylation is 1. The normalized spacial score (nSPS) is 11.7. The molecule has 0 unspecified atom stereocenters. The molecule has 45 heavy (non-hydrogen) atoms. The van der Waals surface area contributed by atoms with Crippen LogP contribution in [0.25, 0.3) is 83.5 Å². The van der Waals surface area contributed by atoms with Gasteiger partial charge in [0.2, 0.25) is 0 Å². The molecule has 4 heterocycles. The minimum absolute atomic E-state index is 0.779. The first kappa shape index (κ1) is 26.6. The molecule has 8 rings (SSSR count). The third kappa shape index (κ3) is 4.92. The molecule has 0 aliphatic rings. The van der Waals surface area contributed by atoms with E-state index in [0.29, 0.717) is 0 Å². The molecule has 8 aromatic rings. The van der Waals surface area contributed by atoms with Crippen molar-refractivity contribution in [3.05, 3.63) is 151 Å². The summed E-state index contributed by atoms with van der Waals surface area (Å²) in [5, 5.41) is 5.64. The van der Waals surface area contributed by atoms with Gasteiger partial charge in [-0.15, -0.1) is 0 Å². The van der Waals surface area contributed by atoms with Crippen molar-refractivity contribution in [3.63, 3.8) is 0 Å². The summed E-state index contributed by atoms with van der Waals surface area (Å²) in [6.45, 7) is 5.93. The van der Waals surface area contributed by atoms with Crippen molar-refractivity contribution in [2.24, 2.45) is 0 Å². The maximum atomic E-state index is 5.17. The third-order valence-electron chi connectivity index (χ3n) is 8.34. The number of pyridine rings is 4. The van der Waals surface area contributed by atoms with E-state index in [4.69, 9.17) is 19.9 Å². The van der Waals surface area contributed by atoms with Crippen LogP contribution in [0.2, 0.25) is 0 Å².